The van der Waals surface area contributed by atoms with Gasteiger partial charge in [0.2, 0.25) is 0 Å². The number of ether oxygens (including phenoxy) is 1. The van der Waals surface area contributed by atoms with Gasteiger partial charge in [-0.2, -0.15) is 0 Å². The zero-order valence-electron chi connectivity index (χ0n) is 8.81. The van der Waals surface area contributed by atoms with Crippen LogP contribution < -0.4 is 17.0 Å². The predicted molar refractivity (Wildman–Crippen MR) is 56.3 cm³/mol. The lowest BCUT2D eigenvalue weighted by molar-refractivity contribution is -0.0532. The van der Waals surface area contributed by atoms with Crippen molar-refractivity contribution in [2.24, 2.45) is 5.73 Å². The molecule has 94 valence electrons. The fraction of sp³-hybridized carbons (Fsp3) is 0.556. The third-order valence-electron chi connectivity index (χ3n) is 2.74. The van der Waals surface area contributed by atoms with Crippen molar-refractivity contribution in [3.63, 3.8) is 0 Å². The molecule has 5 N–H and O–H groups in total. The molecule has 1 fully saturated rings. The number of rotatable bonds is 2. The van der Waals surface area contributed by atoms with E-state index in [0.29, 0.717) is 0 Å². The second-order valence-corrected chi connectivity index (χ2v) is 3.83. The van der Waals surface area contributed by atoms with Gasteiger partial charge >= 0.3 is 5.69 Å². The van der Waals surface area contributed by atoms with Crippen LogP contribution >= 0.6 is 0 Å². The fourth-order valence-electron chi connectivity index (χ4n) is 1.78. The van der Waals surface area contributed by atoms with Gasteiger partial charge in [-0.3, -0.25) is 14.3 Å². The van der Waals surface area contributed by atoms with Gasteiger partial charge in [-0.25, -0.2) is 4.79 Å². The zero-order valence-corrected chi connectivity index (χ0v) is 8.81. The molecule has 8 nitrogen and oxygen atoms in total. The quantitative estimate of drug-likeness (QED) is 0.441. The van der Waals surface area contributed by atoms with Gasteiger partial charge in [-0.1, -0.05) is 0 Å². The highest BCUT2D eigenvalue weighted by Crippen LogP contribution is 2.26. The van der Waals surface area contributed by atoms with Gasteiger partial charge in [0.25, 0.3) is 5.56 Å². The molecule has 0 aliphatic carbocycles. The first-order chi connectivity index (χ1) is 8.04. The summed E-state index contributed by atoms with van der Waals surface area (Å²) in [7, 11) is 0. The molecule has 2 heterocycles. The minimum absolute atomic E-state index is 0.354. The van der Waals surface area contributed by atoms with E-state index in [1.807, 2.05) is 4.98 Å². The summed E-state index contributed by atoms with van der Waals surface area (Å²) in [6.45, 7) is -0.354. The molecule has 8 heteroatoms. The van der Waals surface area contributed by atoms with Crippen molar-refractivity contribution in [2.45, 2.75) is 24.5 Å². The molecule has 1 aromatic rings. The average molecular weight is 243 g/mol. The molecule has 0 spiro atoms. The number of H-pyrrole nitrogens is 1. The van der Waals surface area contributed by atoms with Crippen LogP contribution in [0.15, 0.2) is 21.9 Å². The number of aromatic amines is 1. The molecule has 0 saturated carbocycles. The summed E-state index contributed by atoms with van der Waals surface area (Å²) in [6, 6.07) is 0.346. The van der Waals surface area contributed by atoms with E-state index in [2.05, 4.69) is 0 Å². The molecule has 1 aromatic heterocycles. The maximum absolute atomic E-state index is 11.5. The first-order valence-corrected chi connectivity index (χ1v) is 5.06. The van der Waals surface area contributed by atoms with Gasteiger partial charge in [0, 0.05) is 12.3 Å². The maximum Gasteiger partial charge on any atom is 0.330 e. The zero-order chi connectivity index (χ0) is 12.6. The number of nitrogens with two attached hydrogens (primary N) is 1. The highest BCUT2D eigenvalue weighted by molar-refractivity contribution is 4.94. The van der Waals surface area contributed by atoms with Crippen LogP contribution in [-0.4, -0.2) is 44.6 Å². The molecular formula is C9H13N3O5. The summed E-state index contributed by atoms with van der Waals surface area (Å²) < 4.78 is 6.29. The van der Waals surface area contributed by atoms with E-state index in [9.17, 15) is 14.7 Å². The first kappa shape index (κ1) is 12.0. The van der Waals surface area contributed by atoms with E-state index in [1.54, 1.807) is 0 Å². The number of hydrogen-bond acceptors (Lipinski definition) is 6. The molecule has 0 unspecified atom stereocenters. The van der Waals surface area contributed by atoms with E-state index in [1.165, 1.54) is 6.20 Å². The van der Waals surface area contributed by atoms with Crippen LogP contribution in [0.1, 0.15) is 6.23 Å². The minimum atomic E-state index is -1.13. The molecule has 1 aliphatic heterocycles. The van der Waals surface area contributed by atoms with Crippen LogP contribution in [0, 0.1) is 0 Å². The number of hydrogen-bond donors (Lipinski definition) is 4. The summed E-state index contributed by atoms with van der Waals surface area (Å²) in [4.78, 5) is 24.4. The molecule has 0 radical (unpaired) electrons. The van der Waals surface area contributed by atoms with Crippen LogP contribution in [0.3, 0.4) is 0 Å². The van der Waals surface area contributed by atoms with Crippen molar-refractivity contribution in [1.29, 1.82) is 0 Å². The SMILES string of the molecule is N[C@H]1[C@@H](O)[C@H](n2ccc(=O)[nH]c2=O)O[C@@H]1CO. The Morgan fingerprint density at radius 2 is 2.24 bits per heavy atom. The van der Waals surface area contributed by atoms with Gasteiger partial charge in [0.05, 0.1) is 12.6 Å². The lowest BCUT2D eigenvalue weighted by Crippen LogP contribution is -2.42. The van der Waals surface area contributed by atoms with Crippen molar-refractivity contribution in [2.75, 3.05) is 6.61 Å². The molecular weight excluding hydrogens is 230 g/mol. The first-order valence-electron chi connectivity index (χ1n) is 5.06. The van der Waals surface area contributed by atoms with Gasteiger partial charge in [-0.05, 0) is 0 Å². The maximum atomic E-state index is 11.5. The van der Waals surface area contributed by atoms with E-state index in [0.717, 1.165) is 10.6 Å². The Hall–Kier alpha value is -1.48. The van der Waals surface area contributed by atoms with E-state index < -0.39 is 35.7 Å². The number of aliphatic hydroxyl groups excluding tert-OH is 2. The molecule has 1 saturated heterocycles. The monoisotopic (exact) mass is 243 g/mol. The van der Waals surface area contributed by atoms with Crippen LogP contribution in [0.4, 0.5) is 0 Å². The topological polar surface area (TPSA) is 131 Å². The molecule has 1 aliphatic rings. The van der Waals surface area contributed by atoms with E-state index in [4.69, 9.17) is 15.6 Å². The number of nitrogens with one attached hydrogen (secondary N) is 1. The van der Waals surface area contributed by atoms with Gasteiger partial charge < -0.3 is 20.7 Å². The van der Waals surface area contributed by atoms with Crippen LogP contribution in [-0.2, 0) is 4.74 Å². The van der Waals surface area contributed by atoms with Gasteiger partial charge in [-0.15, -0.1) is 0 Å². The summed E-state index contributed by atoms with van der Waals surface area (Å²) in [5, 5.41) is 18.8. The molecule has 0 bridgehead atoms. The minimum Gasteiger partial charge on any atom is -0.394 e. The smallest absolute Gasteiger partial charge is 0.330 e. The lowest BCUT2D eigenvalue weighted by atomic mass is 10.1. The summed E-state index contributed by atoms with van der Waals surface area (Å²) in [5.74, 6) is 0. The molecule has 2 rings (SSSR count). The predicted octanol–water partition coefficient (Wildman–Crippen LogP) is -2.89. The Balaban J connectivity index is 2.35. The Morgan fingerprint density at radius 1 is 1.53 bits per heavy atom. The van der Waals surface area contributed by atoms with Crippen molar-refractivity contribution in [3.8, 4) is 0 Å². The Kier molecular flexibility index (Phi) is 3.11. The largest absolute Gasteiger partial charge is 0.394 e. The highest BCUT2D eigenvalue weighted by atomic mass is 16.5. The molecule has 0 aromatic carbocycles. The second kappa shape index (κ2) is 4.41. The van der Waals surface area contributed by atoms with E-state index >= 15 is 0 Å². The standard InChI is InChI=1S/C9H13N3O5/c10-6-4(3-13)17-8(7(6)15)12-2-1-5(14)11-9(12)16/h1-2,4,6-8,13,15H,3,10H2,(H,11,14,16)/t4-,6-,7-,8-/m1/s1. The van der Waals surface area contributed by atoms with Crippen LogP contribution in [0.2, 0.25) is 0 Å². The Bertz CT molecular complexity index is 510. The summed E-state index contributed by atoms with van der Waals surface area (Å²) >= 11 is 0. The Morgan fingerprint density at radius 3 is 2.76 bits per heavy atom. The summed E-state index contributed by atoms with van der Waals surface area (Å²) in [6.07, 6.45) is -1.67. The van der Waals surface area contributed by atoms with Crippen molar-refractivity contribution in [1.82, 2.24) is 9.55 Å². The normalized spacial score (nSPS) is 32.9. The van der Waals surface area contributed by atoms with Crippen molar-refractivity contribution >= 4 is 0 Å². The van der Waals surface area contributed by atoms with Gasteiger partial charge in [0.1, 0.15) is 12.2 Å². The Labute approximate surface area is 95.3 Å². The molecule has 0 amide bonds. The van der Waals surface area contributed by atoms with Crippen molar-refractivity contribution < 1.29 is 14.9 Å². The summed E-state index contributed by atoms with van der Waals surface area (Å²) in [5.41, 5.74) is 4.38. The highest BCUT2D eigenvalue weighted by Gasteiger charge is 2.42. The van der Waals surface area contributed by atoms with Crippen LogP contribution in [0.25, 0.3) is 0 Å². The fourth-order valence-corrected chi connectivity index (χ4v) is 1.78. The van der Waals surface area contributed by atoms with Crippen LogP contribution in [0.5, 0.6) is 0 Å². The third kappa shape index (κ3) is 2.03. The average Bonchev–Trinajstić information content (AvgIpc) is 2.57. The molecule has 17 heavy (non-hydrogen) atoms. The number of aromatic nitrogens is 2. The van der Waals surface area contributed by atoms with Gasteiger partial charge in [0.15, 0.2) is 6.23 Å². The number of nitrogens with zero attached hydrogens (tertiary/aromatic N) is 1. The lowest BCUT2D eigenvalue weighted by Gasteiger charge is -2.16. The second-order valence-electron chi connectivity index (χ2n) is 3.83. The number of aliphatic hydroxyl groups is 2. The molecule has 4 atom stereocenters. The third-order valence-corrected chi connectivity index (χ3v) is 2.74. The van der Waals surface area contributed by atoms with E-state index in [-0.39, 0.29) is 6.61 Å². The van der Waals surface area contributed by atoms with Crippen molar-refractivity contribution in [3.05, 3.63) is 33.1 Å².